The lowest BCUT2D eigenvalue weighted by Crippen LogP contribution is -2.04. The summed E-state index contributed by atoms with van der Waals surface area (Å²) in [6, 6.07) is 9.21. The Kier molecular flexibility index (Phi) is 7.90. The van der Waals surface area contributed by atoms with Gasteiger partial charge in [0.25, 0.3) is 0 Å². The van der Waals surface area contributed by atoms with Gasteiger partial charge in [0.05, 0.1) is 0 Å². The minimum absolute atomic E-state index is 0.617. The van der Waals surface area contributed by atoms with Crippen LogP contribution in [0.1, 0.15) is 66.6 Å². The van der Waals surface area contributed by atoms with Crippen molar-refractivity contribution in [3.63, 3.8) is 0 Å². The summed E-state index contributed by atoms with van der Waals surface area (Å²) in [6.45, 7) is 20.0. The van der Waals surface area contributed by atoms with Crippen LogP contribution in [0.4, 0.5) is 5.69 Å². The Morgan fingerprint density at radius 1 is 0.966 bits per heavy atom. The predicted molar refractivity (Wildman–Crippen MR) is 132 cm³/mol. The molecule has 0 aromatic heterocycles. The van der Waals surface area contributed by atoms with Gasteiger partial charge in [-0.2, -0.15) is 0 Å². The van der Waals surface area contributed by atoms with Crippen LogP contribution in [0, 0.1) is 32.6 Å². The fourth-order valence-electron chi connectivity index (χ4n) is 4.03. The van der Waals surface area contributed by atoms with Gasteiger partial charge in [-0.3, -0.25) is 0 Å². The monoisotopic (exact) mass is 389 g/mol. The minimum atomic E-state index is 0.617. The zero-order valence-corrected chi connectivity index (χ0v) is 19.7. The number of benzene rings is 2. The molecule has 2 aromatic rings. The van der Waals surface area contributed by atoms with E-state index in [0.717, 1.165) is 18.4 Å². The summed E-state index contributed by atoms with van der Waals surface area (Å²) >= 11 is 0. The second-order valence-corrected chi connectivity index (χ2v) is 9.28. The lowest BCUT2D eigenvalue weighted by atomic mass is 9.90. The van der Waals surface area contributed by atoms with Crippen molar-refractivity contribution in [2.45, 2.75) is 61.3 Å². The van der Waals surface area contributed by atoms with Gasteiger partial charge in [0.1, 0.15) is 0 Å². The highest BCUT2D eigenvalue weighted by molar-refractivity contribution is 5.82. The molecule has 2 aromatic carbocycles. The lowest BCUT2D eigenvalue weighted by molar-refractivity contribution is 0.636. The van der Waals surface area contributed by atoms with E-state index in [0.29, 0.717) is 11.8 Å². The average molecular weight is 390 g/mol. The van der Waals surface area contributed by atoms with Crippen LogP contribution in [0.15, 0.2) is 36.9 Å². The number of nitrogens with one attached hydrogen (secondary N) is 1. The van der Waals surface area contributed by atoms with E-state index in [1.165, 1.54) is 44.6 Å². The summed E-state index contributed by atoms with van der Waals surface area (Å²) in [5.74, 6) is 1.27. The Morgan fingerprint density at radius 2 is 1.62 bits per heavy atom. The molecule has 0 spiro atoms. The van der Waals surface area contributed by atoms with Gasteiger partial charge in [0.15, 0.2) is 0 Å². The molecule has 0 radical (unpaired) electrons. The molecule has 0 saturated heterocycles. The highest BCUT2D eigenvalue weighted by Gasteiger charge is 2.12. The number of aryl methyl sites for hydroxylation is 2. The summed E-state index contributed by atoms with van der Waals surface area (Å²) in [6.07, 6.45) is 6.62. The Balaban J connectivity index is 2.48. The molecule has 0 aliphatic heterocycles. The third-order valence-electron chi connectivity index (χ3n) is 5.48. The topological polar surface area (TPSA) is 12.0 Å². The molecule has 1 nitrogen and oxygen atoms in total. The van der Waals surface area contributed by atoms with Crippen LogP contribution in [0.5, 0.6) is 0 Å². The Bertz CT molecular complexity index is 897. The number of hydrogen-bond acceptors (Lipinski definition) is 1. The van der Waals surface area contributed by atoms with Crippen molar-refractivity contribution >= 4 is 17.3 Å². The van der Waals surface area contributed by atoms with Gasteiger partial charge in [-0.1, -0.05) is 70.2 Å². The first-order valence-corrected chi connectivity index (χ1v) is 10.9. The lowest BCUT2D eigenvalue weighted by Gasteiger charge is -2.18. The molecule has 0 atom stereocenters. The van der Waals surface area contributed by atoms with Gasteiger partial charge < -0.3 is 5.32 Å². The second kappa shape index (κ2) is 9.96. The SMILES string of the molecule is C=C(/C=C\c1c(CC(C)C)cc(CC(C)C)cc1NC)c1cc(C)cc(C)c1C. The molecule has 1 N–H and O–H groups in total. The van der Waals surface area contributed by atoms with Crippen molar-refractivity contribution in [2.24, 2.45) is 11.8 Å². The van der Waals surface area contributed by atoms with Gasteiger partial charge in [0.2, 0.25) is 0 Å². The maximum absolute atomic E-state index is 4.38. The van der Waals surface area contributed by atoms with E-state index in [1.807, 2.05) is 7.05 Å². The third kappa shape index (κ3) is 6.10. The third-order valence-corrected chi connectivity index (χ3v) is 5.48. The molecule has 29 heavy (non-hydrogen) atoms. The smallest absolute Gasteiger partial charge is 0.0416 e. The molecule has 0 fully saturated rings. The normalized spacial score (nSPS) is 11.7. The van der Waals surface area contributed by atoms with Crippen LogP contribution in [0.25, 0.3) is 11.6 Å². The Morgan fingerprint density at radius 3 is 2.21 bits per heavy atom. The molecule has 0 aliphatic rings. The van der Waals surface area contributed by atoms with E-state index in [4.69, 9.17) is 0 Å². The molecule has 0 amide bonds. The zero-order valence-electron chi connectivity index (χ0n) is 19.7. The zero-order chi connectivity index (χ0) is 21.7. The summed E-state index contributed by atoms with van der Waals surface area (Å²) in [7, 11) is 2.02. The fraction of sp³-hybridized carbons (Fsp3) is 0.429. The molecule has 0 bridgehead atoms. The van der Waals surface area contributed by atoms with Gasteiger partial charge >= 0.3 is 0 Å². The van der Waals surface area contributed by atoms with Crippen LogP contribution in [0.3, 0.4) is 0 Å². The maximum Gasteiger partial charge on any atom is 0.0416 e. The van der Waals surface area contributed by atoms with Crippen molar-refractivity contribution in [1.82, 2.24) is 0 Å². The number of hydrogen-bond donors (Lipinski definition) is 1. The standard InChI is InChI=1S/C28H39N/c1-18(2)12-24-16-25(13-19(3)4)26(28(17-24)29-9)11-10-21(6)27-15-20(5)14-22(7)23(27)8/h10-11,14-19,29H,6,12-13H2,1-5,7-9H3/b11-10-. The Labute approximate surface area is 178 Å². The summed E-state index contributed by atoms with van der Waals surface area (Å²) in [5.41, 5.74) is 11.6. The van der Waals surface area contributed by atoms with Gasteiger partial charge in [0, 0.05) is 18.3 Å². The van der Waals surface area contributed by atoms with E-state index >= 15 is 0 Å². The van der Waals surface area contributed by atoms with E-state index in [1.54, 1.807) is 0 Å². The van der Waals surface area contributed by atoms with E-state index < -0.39 is 0 Å². The molecule has 156 valence electrons. The van der Waals surface area contributed by atoms with Crippen LogP contribution in [-0.4, -0.2) is 7.05 Å². The van der Waals surface area contributed by atoms with Crippen molar-refractivity contribution < 1.29 is 0 Å². The summed E-state index contributed by atoms with van der Waals surface area (Å²) < 4.78 is 0. The highest BCUT2D eigenvalue weighted by Crippen LogP contribution is 2.30. The molecular weight excluding hydrogens is 350 g/mol. The fourth-order valence-corrected chi connectivity index (χ4v) is 4.03. The maximum atomic E-state index is 4.38. The Hall–Kier alpha value is -2.28. The molecular formula is C28H39N. The molecule has 0 heterocycles. The second-order valence-electron chi connectivity index (χ2n) is 9.28. The van der Waals surface area contributed by atoms with Gasteiger partial charge in [-0.15, -0.1) is 0 Å². The quantitative estimate of drug-likeness (QED) is 0.454. The average Bonchev–Trinajstić information content (AvgIpc) is 2.62. The van der Waals surface area contributed by atoms with E-state index in [9.17, 15) is 0 Å². The van der Waals surface area contributed by atoms with Gasteiger partial charge in [-0.05, 0) is 84.9 Å². The molecule has 2 rings (SSSR count). The number of rotatable bonds is 8. The van der Waals surface area contributed by atoms with Gasteiger partial charge in [-0.25, -0.2) is 0 Å². The number of allylic oxidation sites excluding steroid dienone is 2. The summed E-state index contributed by atoms with van der Waals surface area (Å²) in [4.78, 5) is 0. The number of anilines is 1. The predicted octanol–water partition coefficient (Wildman–Crippen LogP) is 7.78. The van der Waals surface area contributed by atoms with Crippen molar-refractivity contribution in [1.29, 1.82) is 0 Å². The summed E-state index contributed by atoms with van der Waals surface area (Å²) in [5, 5.41) is 3.44. The first kappa shape index (κ1) is 23.0. The molecule has 1 heteroatoms. The van der Waals surface area contributed by atoms with Crippen LogP contribution in [-0.2, 0) is 12.8 Å². The van der Waals surface area contributed by atoms with E-state index in [2.05, 4.69) is 96.8 Å². The molecule has 0 saturated carbocycles. The molecule has 0 aliphatic carbocycles. The van der Waals surface area contributed by atoms with E-state index in [-0.39, 0.29) is 0 Å². The van der Waals surface area contributed by atoms with Crippen LogP contribution >= 0.6 is 0 Å². The first-order chi connectivity index (χ1) is 13.6. The first-order valence-electron chi connectivity index (χ1n) is 10.9. The minimum Gasteiger partial charge on any atom is -0.388 e. The largest absolute Gasteiger partial charge is 0.388 e. The van der Waals surface area contributed by atoms with Crippen LogP contribution in [0.2, 0.25) is 0 Å². The van der Waals surface area contributed by atoms with Crippen molar-refractivity contribution in [3.8, 4) is 0 Å². The van der Waals surface area contributed by atoms with Crippen LogP contribution < -0.4 is 5.32 Å². The molecule has 0 unspecified atom stereocenters. The highest BCUT2D eigenvalue weighted by atomic mass is 14.8. The van der Waals surface area contributed by atoms with Crippen molar-refractivity contribution in [3.05, 3.63) is 75.9 Å². The van der Waals surface area contributed by atoms with Crippen molar-refractivity contribution in [2.75, 3.05) is 12.4 Å².